The Morgan fingerprint density at radius 3 is 2.71 bits per heavy atom. The molecule has 2 aromatic carbocycles. The highest BCUT2D eigenvalue weighted by Gasteiger charge is 2.19. The van der Waals surface area contributed by atoms with E-state index in [2.05, 4.69) is 4.98 Å². The Hall–Kier alpha value is -2.75. The fourth-order valence-corrected chi connectivity index (χ4v) is 2.56. The van der Waals surface area contributed by atoms with Crippen molar-refractivity contribution in [1.29, 1.82) is 0 Å². The van der Waals surface area contributed by atoms with Gasteiger partial charge in [0, 0.05) is 27.8 Å². The van der Waals surface area contributed by atoms with E-state index < -0.39 is 0 Å². The van der Waals surface area contributed by atoms with E-state index in [9.17, 15) is 4.79 Å². The summed E-state index contributed by atoms with van der Waals surface area (Å²) in [7, 11) is 1.57. The van der Waals surface area contributed by atoms with Crippen LogP contribution in [-0.2, 0) is 0 Å². The van der Waals surface area contributed by atoms with Gasteiger partial charge in [-0.05, 0) is 31.2 Å². The number of hydrogen-bond donors (Lipinski definition) is 2. The number of nitrogens with two attached hydrogens (primary N) is 1. The summed E-state index contributed by atoms with van der Waals surface area (Å²) in [5.41, 5.74) is 9.31. The van der Waals surface area contributed by atoms with E-state index in [0.29, 0.717) is 22.6 Å². The Morgan fingerprint density at radius 1 is 1.19 bits per heavy atom. The Kier molecular flexibility index (Phi) is 3.14. The van der Waals surface area contributed by atoms with E-state index >= 15 is 0 Å². The lowest BCUT2D eigenvalue weighted by Crippen LogP contribution is -2.06. The predicted molar refractivity (Wildman–Crippen MR) is 83.9 cm³/mol. The van der Waals surface area contributed by atoms with Gasteiger partial charge in [-0.1, -0.05) is 18.2 Å². The summed E-state index contributed by atoms with van der Waals surface area (Å²) in [5.74, 6) is 0.520. The minimum atomic E-state index is -0.0960. The molecule has 0 saturated carbocycles. The van der Waals surface area contributed by atoms with Crippen LogP contribution in [0.3, 0.4) is 0 Å². The zero-order valence-electron chi connectivity index (χ0n) is 11.9. The maximum Gasteiger partial charge on any atom is 0.197 e. The molecule has 1 heterocycles. The average molecular weight is 280 g/mol. The van der Waals surface area contributed by atoms with Gasteiger partial charge in [-0.25, -0.2) is 0 Å². The van der Waals surface area contributed by atoms with Gasteiger partial charge in [0.25, 0.3) is 0 Å². The number of ether oxygens (including phenoxy) is 1. The first-order valence-corrected chi connectivity index (χ1v) is 6.67. The largest absolute Gasteiger partial charge is 0.497 e. The molecule has 0 aliphatic rings. The van der Waals surface area contributed by atoms with Gasteiger partial charge >= 0.3 is 0 Å². The molecule has 3 aromatic rings. The van der Waals surface area contributed by atoms with E-state index in [4.69, 9.17) is 10.5 Å². The molecular formula is C17H16N2O2. The Labute approximate surface area is 122 Å². The molecule has 4 heteroatoms. The number of fused-ring (bicyclic) bond motifs is 1. The second-order valence-corrected chi connectivity index (χ2v) is 4.95. The van der Waals surface area contributed by atoms with Crippen LogP contribution in [0.2, 0.25) is 0 Å². The number of methoxy groups -OCH3 is 1. The molecule has 0 bridgehead atoms. The van der Waals surface area contributed by atoms with Gasteiger partial charge in [0.2, 0.25) is 0 Å². The number of hydrogen-bond acceptors (Lipinski definition) is 3. The highest BCUT2D eigenvalue weighted by atomic mass is 16.5. The normalized spacial score (nSPS) is 10.8. The minimum Gasteiger partial charge on any atom is -0.497 e. The van der Waals surface area contributed by atoms with Crippen molar-refractivity contribution in [3.8, 4) is 5.75 Å². The molecule has 3 N–H and O–H groups in total. The number of rotatable bonds is 3. The lowest BCUT2D eigenvalue weighted by atomic mass is 9.99. The van der Waals surface area contributed by atoms with Crippen LogP contribution in [0.15, 0.2) is 42.5 Å². The molecular weight excluding hydrogens is 264 g/mol. The number of carbonyl (C=O) groups excluding carboxylic acids is 1. The third-order valence-corrected chi connectivity index (χ3v) is 3.63. The number of nitrogen functional groups attached to an aromatic ring is 1. The minimum absolute atomic E-state index is 0.0960. The molecule has 106 valence electrons. The number of aromatic nitrogens is 1. The van der Waals surface area contributed by atoms with Crippen LogP contribution in [0.5, 0.6) is 5.75 Å². The Bertz CT molecular complexity index is 834. The smallest absolute Gasteiger partial charge is 0.197 e. The van der Waals surface area contributed by atoms with E-state index in [1.807, 2.05) is 31.2 Å². The maximum atomic E-state index is 12.9. The standard InChI is InChI=1S/C17H16N2O2/c1-10-16(12-5-3-4-6-15(12)19-10)17(20)13-9-11(21-2)7-8-14(13)18/h3-9,19H,18H2,1-2H3. The quantitative estimate of drug-likeness (QED) is 0.571. The fraction of sp³-hybridized carbons (Fsp3) is 0.118. The first-order valence-electron chi connectivity index (χ1n) is 6.67. The highest BCUT2D eigenvalue weighted by molar-refractivity contribution is 6.19. The van der Waals surface area contributed by atoms with Crippen molar-refractivity contribution in [2.24, 2.45) is 0 Å². The molecule has 0 aliphatic heterocycles. The Morgan fingerprint density at radius 2 is 1.95 bits per heavy atom. The SMILES string of the molecule is COc1ccc(N)c(C(=O)c2c(C)[nH]c3ccccc23)c1. The molecule has 0 radical (unpaired) electrons. The zero-order valence-corrected chi connectivity index (χ0v) is 11.9. The maximum absolute atomic E-state index is 12.9. The van der Waals surface area contributed by atoms with Gasteiger partial charge in [0.05, 0.1) is 12.7 Å². The summed E-state index contributed by atoms with van der Waals surface area (Å²) >= 11 is 0. The molecule has 0 atom stereocenters. The van der Waals surface area contributed by atoms with Crippen LogP contribution in [0.25, 0.3) is 10.9 Å². The molecule has 0 fully saturated rings. The molecule has 0 spiro atoms. The summed E-state index contributed by atoms with van der Waals surface area (Å²) < 4.78 is 5.18. The van der Waals surface area contributed by atoms with Crippen LogP contribution in [0.1, 0.15) is 21.6 Å². The monoisotopic (exact) mass is 280 g/mol. The lowest BCUT2D eigenvalue weighted by Gasteiger charge is -2.08. The van der Waals surface area contributed by atoms with Gasteiger partial charge < -0.3 is 15.5 Å². The number of benzene rings is 2. The molecule has 4 nitrogen and oxygen atoms in total. The summed E-state index contributed by atoms with van der Waals surface area (Å²) in [6, 6.07) is 12.9. The number of H-pyrrole nitrogens is 1. The first kappa shape index (κ1) is 13.2. The summed E-state index contributed by atoms with van der Waals surface area (Å²) in [6.45, 7) is 1.89. The van der Waals surface area contributed by atoms with E-state index in [0.717, 1.165) is 16.6 Å². The summed E-state index contributed by atoms with van der Waals surface area (Å²) in [5, 5.41) is 0.905. The van der Waals surface area contributed by atoms with Crippen LogP contribution >= 0.6 is 0 Å². The van der Waals surface area contributed by atoms with Crippen molar-refractivity contribution in [3.63, 3.8) is 0 Å². The molecule has 0 saturated heterocycles. The van der Waals surface area contributed by atoms with Gasteiger partial charge in [-0.2, -0.15) is 0 Å². The lowest BCUT2D eigenvalue weighted by molar-refractivity contribution is 0.104. The topological polar surface area (TPSA) is 68.1 Å². The van der Waals surface area contributed by atoms with Crippen LogP contribution < -0.4 is 10.5 Å². The molecule has 21 heavy (non-hydrogen) atoms. The third-order valence-electron chi connectivity index (χ3n) is 3.63. The van der Waals surface area contributed by atoms with Crippen molar-refractivity contribution in [1.82, 2.24) is 4.98 Å². The van der Waals surface area contributed by atoms with E-state index in [-0.39, 0.29) is 5.78 Å². The molecule has 1 aromatic heterocycles. The third kappa shape index (κ3) is 2.14. The first-order chi connectivity index (χ1) is 10.1. The van der Waals surface area contributed by atoms with E-state index in [1.165, 1.54) is 0 Å². The average Bonchev–Trinajstić information content (AvgIpc) is 2.83. The van der Waals surface area contributed by atoms with Gasteiger partial charge in [0.15, 0.2) is 5.78 Å². The molecule has 0 unspecified atom stereocenters. The number of aryl methyl sites for hydroxylation is 1. The van der Waals surface area contributed by atoms with Crippen LogP contribution in [0, 0.1) is 6.92 Å². The molecule has 0 amide bonds. The van der Waals surface area contributed by atoms with Crippen molar-refractivity contribution in [2.45, 2.75) is 6.92 Å². The van der Waals surface area contributed by atoms with Crippen molar-refractivity contribution in [3.05, 3.63) is 59.3 Å². The van der Waals surface area contributed by atoms with Crippen LogP contribution in [-0.4, -0.2) is 17.9 Å². The Balaban J connectivity index is 2.19. The second kappa shape index (κ2) is 4.98. The van der Waals surface area contributed by atoms with Crippen molar-refractivity contribution >= 4 is 22.4 Å². The van der Waals surface area contributed by atoms with Gasteiger partial charge in [-0.3, -0.25) is 4.79 Å². The van der Waals surface area contributed by atoms with Gasteiger partial charge in [0.1, 0.15) is 5.75 Å². The summed E-state index contributed by atoms with van der Waals surface area (Å²) in [4.78, 5) is 16.1. The molecule has 3 rings (SSSR count). The van der Waals surface area contributed by atoms with Gasteiger partial charge in [-0.15, -0.1) is 0 Å². The number of para-hydroxylation sites is 1. The number of nitrogens with one attached hydrogen (secondary N) is 1. The highest BCUT2D eigenvalue weighted by Crippen LogP contribution is 2.28. The second-order valence-electron chi connectivity index (χ2n) is 4.95. The van der Waals surface area contributed by atoms with Crippen LogP contribution in [0.4, 0.5) is 5.69 Å². The number of anilines is 1. The van der Waals surface area contributed by atoms with Crippen molar-refractivity contribution < 1.29 is 9.53 Å². The van der Waals surface area contributed by atoms with E-state index in [1.54, 1.807) is 25.3 Å². The number of ketones is 1. The zero-order chi connectivity index (χ0) is 15.0. The number of aromatic amines is 1. The number of carbonyl (C=O) groups is 1. The molecule has 0 aliphatic carbocycles. The predicted octanol–water partition coefficient (Wildman–Crippen LogP) is 3.30. The van der Waals surface area contributed by atoms with Crippen molar-refractivity contribution in [2.75, 3.05) is 12.8 Å². The summed E-state index contributed by atoms with van der Waals surface area (Å²) in [6.07, 6.45) is 0. The fourth-order valence-electron chi connectivity index (χ4n) is 2.56.